The molecule has 0 fully saturated rings. The second kappa shape index (κ2) is 3.34. The number of rotatable bonds is 1. The largest absolute Gasteiger partial charge is 0.397 e. The van der Waals surface area contributed by atoms with Gasteiger partial charge in [-0.3, -0.25) is 4.55 Å². The van der Waals surface area contributed by atoms with Crippen molar-refractivity contribution in [2.45, 2.75) is 4.90 Å². The standard InChI is InChI=1S/C6H5Cl2NO3S/c7-3-1-4(9)6(8)5(2-3)13(10,11)12/h1-2H,9H2,(H,10,11,12). The fourth-order valence-corrected chi connectivity index (χ4v) is 2.09. The molecular weight excluding hydrogens is 237 g/mol. The Hall–Kier alpha value is -0.490. The smallest absolute Gasteiger partial charge is 0.296 e. The van der Waals surface area contributed by atoms with Gasteiger partial charge < -0.3 is 5.73 Å². The normalized spacial score (nSPS) is 11.6. The lowest BCUT2D eigenvalue weighted by atomic mass is 10.3. The van der Waals surface area contributed by atoms with Gasteiger partial charge in [-0.15, -0.1) is 0 Å². The van der Waals surface area contributed by atoms with Gasteiger partial charge in [0.25, 0.3) is 10.1 Å². The van der Waals surface area contributed by atoms with Crippen molar-refractivity contribution in [3.63, 3.8) is 0 Å². The van der Waals surface area contributed by atoms with Crippen molar-refractivity contribution in [2.24, 2.45) is 0 Å². The summed E-state index contributed by atoms with van der Waals surface area (Å²) < 4.78 is 30.1. The fourth-order valence-electron chi connectivity index (χ4n) is 0.772. The molecule has 13 heavy (non-hydrogen) atoms. The summed E-state index contributed by atoms with van der Waals surface area (Å²) in [6.45, 7) is 0. The molecule has 0 bridgehead atoms. The molecule has 0 unspecified atom stereocenters. The second-order valence-corrected chi connectivity index (χ2v) is 4.49. The van der Waals surface area contributed by atoms with Gasteiger partial charge in [-0.2, -0.15) is 8.42 Å². The molecule has 0 spiro atoms. The van der Waals surface area contributed by atoms with Gasteiger partial charge in [-0.1, -0.05) is 23.2 Å². The summed E-state index contributed by atoms with van der Waals surface area (Å²) in [5, 5.41) is -0.138. The average Bonchev–Trinajstić information content (AvgIpc) is 1.94. The lowest BCUT2D eigenvalue weighted by molar-refractivity contribution is 0.483. The zero-order valence-electron chi connectivity index (χ0n) is 6.16. The SMILES string of the molecule is Nc1cc(Cl)cc(S(=O)(=O)O)c1Cl. The maximum absolute atomic E-state index is 10.7. The Morgan fingerprint density at radius 1 is 1.31 bits per heavy atom. The highest BCUT2D eigenvalue weighted by atomic mass is 35.5. The van der Waals surface area contributed by atoms with Gasteiger partial charge in [0.2, 0.25) is 0 Å². The molecule has 0 aromatic heterocycles. The number of nitrogens with two attached hydrogens (primary N) is 1. The van der Waals surface area contributed by atoms with Crippen LogP contribution in [0.3, 0.4) is 0 Å². The quantitative estimate of drug-likeness (QED) is 0.581. The van der Waals surface area contributed by atoms with Crippen molar-refractivity contribution in [3.05, 3.63) is 22.2 Å². The lowest BCUT2D eigenvalue weighted by Gasteiger charge is -2.03. The van der Waals surface area contributed by atoms with Crippen LogP contribution >= 0.6 is 23.2 Å². The van der Waals surface area contributed by atoms with Crippen LogP contribution in [0.4, 0.5) is 5.69 Å². The Kier molecular flexibility index (Phi) is 2.72. The zero-order chi connectivity index (χ0) is 10.2. The maximum Gasteiger partial charge on any atom is 0.296 e. The first-order chi connectivity index (χ1) is 5.82. The molecule has 4 nitrogen and oxygen atoms in total. The Bertz CT molecular complexity index is 443. The summed E-state index contributed by atoms with van der Waals surface area (Å²) in [4.78, 5) is -0.487. The molecule has 0 aliphatic heterocycles. The van der Waals surface area contributed by atoms with Gasteiger partial charge in [0.05, 0.1) is 10.7 Å². The first-order valence-corrected chi connectivity index (χ1v) is 5.24. The van der Waals surface area contributed by atoms with E-state index in [1.165, 1.54) is 6.07 Å². The summed E-state index contributed by atoms with van der Waals surface area (Å²) in [6, 6.07) is 2.31. The molecule has 0 aliphatic carbocycles. The van der Waals surface area contributed by atoms with E-state index in [1.54, 1.807) is 0 Å². The van der Waals surface area contributed by atoms with Crippen molar-refractivity contribution in [2.75, 3.05) is 5.73 Å². The summed E-state index contributed by atoms with van der Waals surface area (Å²) in [7, 11) is -4.37. The fraction of sp³-hybridized carbons (Fsp3) is 0. The Morgan fingerprint density at radius 2 is 1.85 bits per heavy atom. The Labute approximate surface area is 85.0 Å². The number of halogens is 2. The minimum absolute atomic E-state index is 0.00166. The summed E-state index contributed by atoms with van der Waals surface area (Å²) in [6.07, 6.45) is 0. The Balaban J connectivity index is 3.56. The van der Waals surface area contributed by atoms with E-state index in [1.807, 2.05) is 0 Å². The van der Waals surface area contributed by atoms with Gasteiger partial charge in [0.1, 0.15) is 4.90 Å². The summed E-state index contributed by atoms with van der Waals surface area (Å²) >= 11 is 11.0. The molecule has 1 aromatic rings. The monoisotopic (exact) mass is 241 g/mol. The van der Waals surface area contributed by atoms with Gasteiger partial charge in [-0.25, -0.2) is 0 Å². The predicted octanol–water partition coefficient (Wildman–Crippen LogP) is 1.82. The zero-order valence-corrected chi connectivity index (χ0v) is 8.49. The van der Waals surface area contributed by atoms with E-state index in [2.05, 4.69) is 0 Å². The second-order valence-electron chi connectivity index (χ2n) is 2.28. The molecule has 0 amide bonds. The molecule has 0 radical (unpaired) electrons. The molecule has 0 heterocycles. The molecule has 72 valence electrons. The van der Waals surface area contributed by atoms with Crippen molar-refractivity contribution in [1.82, 2.24) is 0 Å². The molecule has 7 heteroatoms. The molecular formula is C6H5Cl2NO3S. The van der Waals surface area contributed by atoms with Crippen LogP contribution in [0.2, 0.25) is 10.0 Å². The van der Waals surface area contributed by atoms with Gasteiger partial charge >= 0.3 is 0 Å². The Morgan fingerprint density at radius 3 is 2.31 bits per heavy atom. The molecule has 0 saturated carbocycles. The third-order valence-electron chi connectivity index (χ3n) is 1.31. The van der Waals surface area contributed by atoms with Gasteiger partial charge in [0.15, 0.2) is 0 Å². The third kappa shape index (κ3) is 2.25. The topological polar surface area (TPSA) is 80.4 Å². The third-order valence-corrected chi connectivity index (χ3v) is 2.94. The number of anilines is 1. The number of benzene rings is 1. The van der Waals surface area contributed by atoms with Gasteiger partial charge in [-0.05, 0) is 12.1 Å². The first kappa shape index (κ1) is 10.6. The number of hydrogen-bond acceptors (Lipinski definition) is 3. The van der Waals surface area contributed by atoms with Gasteiger partial charge in [0, 0.05) is 5.02 Å². The van der Waals surface area contributed by atoms with Crippen LogP contribution in [0.1, 0.15) is 0 Å². The van der Waals surface area contributed by atoms with E-state index in [4.69, 9.17) is 33.5 Å². The maximum atomic E-state index is 10.7. The van der Waals surface area contributed by atoms with E-state index in [0.717, 1.165) is 6.07 Å². The highest BCUT2D eigenvalue weighted by Crippen LogP contribution is 2.30. The summed E-state index contributed by atoms with van der Waals surface area (Å²) in [5.41, 5.74) is 5.33. The molecule has 0 aliphatic rings. The molecule has 1 aromatic carbocycles. The van der Waals surface area contributed by atoms with Crippen molar-refractivity contribution in [3.8, 4) is 0 Å². The van der Waals surface area contributed by atoms with Crippen LogP contribution in [0.15, 0.2) is 17.0 Å². The van der Waals surface area contributed by atoms with Crippen molar-refractivity contribution >= 4 is 39.0 Å². The van der Waals surface area contributed by atoms with Crippen LogP contribution < -0.4 is 5.73 Å². The van der Waals surface area contributed by atoms with Crippen LogP contribution in [0.5, 0.6) is 0 Å². The van der Waals surface area contributed by atoms with Crippen LogP contribution in [-0.4, -0.2) is 13.0 Å². The van der Waals surface area contributed by atoms with Crippen molar-refractivity contribution in [1.29, 1.82) is 0 Å². The van der Waals surface area contributed by atoms with E-state index in [0.29, 0.717) is 0 Å². The highest BCUT2D eigenvalue weighted by molar-refractivity contribution is 7.86. The van der Waals surface area contributed by atoms with E-state index in [9.17, 15) is 8.42 Å². The summed E-state index contributed by atoms with van der Waals surface area (Å²) in [5.74, 6) is 0. The highest BCUT2D eigenvalue weighted by Gasteiger charge is 2.17. The van der Waals surface area contributed by atoms with E-state index < -0.39 is 15.0 Å². The lowest BCUT2D eigenvalue weighted by Crippen LogP contribution is -2.01. The van der Waals surface area contributed by atoms with Crippen molar-refractivity contribution < 1.29 is 13.0 Å². The molecule has 3 N–H and O–H groups in total. The van der Waals surface area contributed by atoms with Crippen LogP contribution in [0, 0.1) is 0 Å². The van der Waals surface area contributed by atoms with Crippen LogP contribution in [0.25, 0.3) is 0 Å². The minimum atomic E-state index is -4.37. The molecule has 0 saturated heterocycles. The molecule has 0 atom stereocenters. The minimum Gasteiger partial charge on any atom is -0.397 e. The van der Waals surface area contributed by atoms with E-state index in [-0.39, 0.29) is 15.7 Å². The van der Waals surface area contributed by atoms with Crippen LogP contribution in [-0.2, 0) is 10.1 Å². The first-order valence-electron chi connectivity index (χ1n) is 3.04. The van der Waals surface area contributed by atoms with E-state index >= 15 is 0 Å². The average molecular weight is 242 g/mol. The number of hydrogen-bond donors (Lipinski definition) is 2. The predicted molar refractivity (Wildman–Crippen MR) is 50.7 cm³/mol. The number of nitrogen functional groups attached to an aromatic ring is 1. The molecule has 1 rings (SSSR count).